The van der Waals surface area contributed by atoms with Crippen molar-refractivity contribution in [2.75, 3.05) is 0 Å². The van der Waals surface area contributed by atoms with Crippen LogP contribution >= 0.6 is 12.4 Å². The van der Waals surface area contributed by atoms with Crippen molar-refractivity contribution in [2.45, 2.75) is 39.9 Å². The molecule has 0 aliphatic heterocycles. The quantitative estimate of drug-likeness (QED) is 0.915. The lowest BCUT2D eigenvalue weighted by Crippen LogP contribution is -2.16. The highest BCUT2D eigenvalue weighted by Crippen LogP contribution is 2.12. The molecule has 0 atom stereocenters. The maximum Gasteiger partial charge on any atom is 0.0537 e. The van der Waals surface area contributed by atoms with Crippen molar-refractivity contribution in [1.82, 2.24) is 24.9 Å². The van der Waals surface area contributed by atoms with Crippen molar-refractivity contribution in [2.24, 2.45) is 7.05 Å². The number of aromatic nitrogens is 4. The standard InChI is InChI=1S/C13H21N5.ClH/c1-10(2)18-11(3)12(8-16-18)7-14-9-13-5-6-15-17(13)4;/h5-6,8,10,14H,7,9H2,1-4H3;1H. The van der Waals surface area contributed by atoms with Crippen LogP contribution in [0.3, 0.4) is 0 Å². The van der Waals surface area contributed by atoms with E-state index in [1.54, 1.807) is 0 Å². The molecule has 0 saturated heterocycles. The van der Waals surface area contributed by atoms with E-state index in [1.807, 2.05) is 30.2 Å². The number of hydrogen-bond acceptors (Lipinski definition) is 3. The van der Waals surface area contributed by atoms with Crippen LogP contribution in [0.4, 0.5) is 0 Å². The minimum atomic E-state index is 0. The molecule has 0 amide bonds. The summed E-state index contributed by atoms with van der Waals surface area (Å²) in [6.07, 6.45) is 3.77. The van der Waals surface area contributed by atoms with Gasteiger partial charge in [0.2, 0.25) is 0 Å². The predicted octanol–water partition coefficient (Wildman–Crippen LogP) is 2.22. The third kappa shape index (κ3) is 3.58. The number of aryl methyl sites for hydroxylation is 1. The van der Waals surface area contributed by atoms with Gasteiger partial charge >= 0.3 is 0 Å². The molecular weight excluding hydrogens is 262 g/mol. The molecule has 2 rings (SSSR count). The number of nitrogens with zero attached hydrogens (tertiary/aromatic N) is 4. The molecule has 1 N–H and O–H groups in total. The third-order valence-electron chi connectivity index (χ3n) is 3.18. The van der Waals surface area contributed by atoms with Gasteiger partial charge in [-0.15, -0.1) is 12.4 Å². The zero-order valence-electron chi connectivity index (χ0n) is 11.9. The molecule has 0 aliphatic carbocycles. The van der Waals surface area contributed by atoms with Crippen LogP contribution in [0.1, 0.15) is 36.8 Å². The lowest BCUT2D eigenvalue weighted by atomic mass is 10.2. The van der Waals surface area contributed by atoms with Gasteiger partial charge in [0, 0.05) is 43.6 Å². The summed E-state index contributed by atoms with van der Waals surface area (Å²) in [6, 6.07) is 2.44. The Morgan fingerprint density at radius 3 is 2.53 bits per heavy atom. The monoisotopic (exact) mass is 283 g/mol. The van der Waals surface area contributed by atoms with Gasteiger partial charge in [-0.3, -0.25) is 9.36 Å². The largest absolute Gasteiger partial charge is 0.307 e. The van der Waals surface area contributed by atoms with E-state index in [0.29, 0.717) is 6.04 Å². The number of halogens is 1. The zero-order chi connectivity index (χ0) is 13.1. The zero-order valence-corrected chi connectivity index (χ0v) is 12.7. The second-order valence-electron chi connectivity index (χ2n) is 4.84. The predicted molar refractivity (Wildman–Crippen MR) is 78.3 cm³/mol. The van der Waals surface area contributed by atoms with Crippen LogP contribution < -0.4 is 5.32 Å². The van der Waals surface area contributed by atoms with E-state index in [2.05, 4.69) is 41.0 Å². The highest BCUT2D eigenvalue weighted by Gasteiger charge is 2.08. The van der Waals surface area contributed by atoms with Crippen LogP contribution in [0, 0.1) is 6.92 Å². The maximum absolute atomic E-state index is 4.41. The van der Waals surface area contributed by atoms with Crippen LogP contribution in [-0.4, -0.2) is 19.6 Å². The van der Waals surface area contributed by atoms with Gasteiger partial charge in [0.25, 0.3) is 0 Å². The van der Waals surface area contributed by atoms with Crippen molar-refractivity contribution >= 4 is 12.4 Å². The number of hydrogen-bond donors (Lipinski definition) is 1. The van der Waals surface area contributed by atoms with E-state index < -0.39 is 0 Å². The minimum absolute atomic E-state index is 0. The highest BCUT2D eigenvalue weighted by molar-refractivity contribution is 5.85. The van der Waals surface area contributed by atoms with Gasteiger partial charge < -0.3 is 5.32 Å². The Morgan fingerprint density at radius 1 is 1.26 bits per heavy atom. The molecule has 0 fully saturated rings. The summed E-state index contributed by atoms with van der Waals surface area (Å²) in [5, 5.41) is 12.0. The smallest absolute Gasteiger partial charge is 0.0537 e. The van der Waals surface area contributed by atoms with Crippen molar-refractivity contribution in [3.63, 3.8) is 0 Å². The van der Waals surface area contributed by atoms with E-state index in [9.17, 15) is 0 Å². The van der Waals surface area contributed by atoms with Gasteiger partial charge in [-0.25, -0.2) is 0 Å². The first-order valence-corrected chi connectivity index (χ1v) is 6.30. The van der Waals surface area contributed by atoms with Crippen LogP contribution in [0.15, 0.2) is 18.5 Å². The number of rotatable bonds is 5. The van der Waals surface area contributed by atoms with Gasteiger partial charge in [-0.1, -0.05) is 0 Å². The molecule has 19 heavy (non-hydrogen) atoms. The van der Waals surface area contributed by atoms with Gasteiger partial charge in [-0.05, 0) is 26.8 Å². The van der Waals surface area contributed by atoms with E-state index in [4.69, 9.17) is 0 Å². The summed E-state index contributed by atoms with van der Waals surface area (Å²) in [6.45, 7) is 8.07. The van der Waals surface area contributed by atoms with Crippen LogP contribution in [0.2, 0.25) is 0 Å². The first-order valence-electron chi connectivity index (χ1n) is 6.30. The first kappa shape index (κ1) is 15.7. The molecule has 2 aromatic heterocycles. The van der Waals surface area contributed by atoms with Crippen molar-refractivity contribution in [3.8, 4) is 0 Å². The van der Waals surface area contributed by atoms with Crippen molar-refractivity contribution in [1.29, 1.82) is 0 Å². The van der Waals surface area contributed by atoms with E-state index >= 15 is 0 Å². The molecule has 0 unspecified atom stereocenters. The Kier molecular flexibility index (Phi) is 5.57. The topological polar surface area (TPSA) is 47.7 Å². The fraction of sp³-hybridized carbons (Fsp3) is 0.538. The SMILES string of the molecule is Cc1c(CNCc2ccnn2C)cnn1C(C)C.Cl. The summed E-state index contributed by atoms with van der Waals surface area (Å²) in [5.74, 6) is 0. The average molecular weight is 284 g/mol. The molecule has 0 radical (unpaired) electrons. The van der Waals surface area contributed by atoms with E-state index in [1.165, 1.54) is 17.0 Å². The summed E-state index contributed by atoms with van der Waals surface area (Å²) >= 11 is 0. The van der Waals surface area contributed by atoms with Gasteiger partial charge in [-0.2, -0.15) is 10.2 Å². The molecule has 0 aromatic carbocycles. The number of nitrogens with one attached hydrogen (secondary N) is 1. The first-order chi connectivity index (χ1) is 8.59. The van der Waals surface area contributed by atoms with Crippen molar-refractivity contribution < 1.29 is 0 Å². The average Bonchev–Trinajstić information content (AvgIpc) is 2.87. The third-order valence-corrected chi connectivity index (χ3v) is 3.18. The molecule has 0 aliphatic rings. The molecule has 2 aromatic rings. The van der Waals surface area contributed by atoms with Crippen LogP contribution in [0.5, 0.6) is 0 Å². The molecule has 6 heteroatoms. The Labute approximate surface area is 120 Å². The van der Waals surface area contributed by atoms with E-state index in [-0.39, 0.29) is 12.4 Å². The highest BCUT2D eigenvalue weighted by atomic mass is 35.5. The summed E-state index contributed by atoms with van der Waals surface area (Å²) < 4.78 is 3.94. The fourth-order valence-electron chi connectivity index (χ4n) is 2.05. The van der Waals surface area contributed by atoms with Gasteiger partial charge in [0.1, 0.15) is 0 Å². The van der Waals surface area contributed by atoms with E-state index in [0.717, 1.165) is 13.1 Å². The molecule has 106 valence electrons. The fourth-order valence-corrected chi connectivity index (χ4v) is 2.05. The minimum Gasteiger partial charge on any atom is -0.307 e. The van der Waals surface area contributed by atoms with Gasteiger partial charge in [0.05, 0.1) is 11.9 Å². The molecule has 2 heterocycles. The molecular formula is C13H22ClN5. The Bertz CT molecular complexity index is 515. The normalized spacial score (nSPS) is 10.8. The lowest BCUT2D eigenvalue weighted by molar-refractivity contribution is 0.517. The Morgan fingerprint density at radius 2 is 2.00 bits per heavy atom. The summed E-state index contributed by atoms with van der Waals surface area (Å²) in [4.78, 5) is 0. The Hall–Kier alpha value is -1.33. The second-order valence-corrected chi connectivity index (χ2v) is 4.84. The van der Waals surface area contributed by atoms with Gasteiger partial charge in [0.15, 0.2) is 0 Å². The summed E-state index contributed by atoms with van der Waals surface area (Å²) in [7, 11) is 1.96. The second kappa shape index (κ2) is 6.73. The molecule has 5 nitrogen and oxygen atoms in total. The molecule has 0 spiro atoms. The van der Waals surface area contributed by atoms with Crippen molar-refractivity contribution in [3.05, 3.63) is 35.4 Å². The van der Waals surface area contributed by atoms with Crippen LogP contribution in [-0.2, 0) is 20.1 Å². The summed E-state index contributed by atoms with van der Waals surface area (Å²) in [5.41, 5.74) is 3.68. The molecule has 0 saturated carbocycles. The molecule has 0 bridgehead atoms. The Balaban J connectivity index is 0.00000180. The maximum atomic E-state index is 4.41. The van der Waals surface area contributed by atoms with Crippen LogP contribution in [0.25, 0.3) is 0 Å². The lowest BCUT2D eigenvalue weighted by Gasteiger charge is -2.09.